The second kappa shape index (κ2) is 8.47. The molecule has 0 aromatic carbocycles. The minimum absolute atomic E-state index is 0.123. The van der Waals surface area contributed by atoms with Crippen LogP contribution >= 0.6 is 0 Å². The minimum Gasteiger partial charge on any atom is -0.469 e. The lowest BCUT2D eigenvalue weighted by Gasteiger charge is -2.18. The predicted molar refractivity (Wildman–Crippen MR) is 66.0 cm³/mol. The van der Waals surface area contributed by atoms with Gasteiger partial charge in [-0.05, 0) is 12.3 Å². The molecule has 0 saturated carbocycles. The van der Waals surface area contributed by atoms with Gasteiger partial charge in [-0.1, -0.05) is 13.8 Å². The molecule has 0 bridgehead atoms. The van der Waals surface area contributed by atoms with Crippen molar-refractivity contribution >= 4 is 17.8 Å². The molecule has 0 aliphatic carbocycles. The van der Waals surface area contributed by atoms with Gasteiger partial charge in [0.25, 0.3) is 0 Å². The third kappa shape index (κ3) is 6.76. The third-order valence-electron chi connectivity index (χ3n) is 2.40. The standard InChI is InChI=1S/C12H21NO6/c1-7(2)5-9(14)11(16)13-8(12(17)19-4)6-10(15)18-3/h7-9,14H,5-6H2,1-4H3,(H,13,16)/t8-,9-/m0/s1. The van der Waals surface area contributed by atoms with E-state index in [1.165, 1.54) is 7.11 Å². The zero-order valence-electron chi connectivity index (χ0n) is 11.6. The van der Waals surface area contributed by atoms with Crippen molar-refractivity contribution in [2.24, 2.45) is 5.92 Å². The number of nitrogens with one attached hydrogen (secondary N) is 1. The number of hydrogen-bond acceptors (Lipinski definition) is 6. The molecule has 0 saturated heterocycles. The monoisotopic (exact) mass is 275 g/mol. The number of ether oxygens (including phenoxy) is 2. The zero-order chi connectivity index (χ0) is 15.0. The Kier molecular flexibility index (Phi) is 7.74. The number of hydrogen-bond donors (Lipinski definition) is 2. The predicted octanol–water partition coefficient (Wildman–Crippen LogP) is -0.386. The van der Waals surface area contributed by atoms with E-state index in [1.54, 1.807) is 0 Å². The first-order chi connectivity index (χ1) is 8.81. The van der Waals surface area contributed by atoms with Gasteiger partial charge < -0.3 is 19.9 Å². The van der Waals surface area contributed by atoms with E-state index in [1.807, 2.05) is 13.8 Å². The topological polar surface area (TPSA) is 102 Å². The Morgan fingerprint density at radius 1 is 1.16 bits per heavy atom. The van der Waals surface area contributed by atoms with Crippen LogP contribution in [0.3, 0.4) is 0 Å². The molecule has 0 aliphatic heterocycles. The summed E-state index contributed by atoms with van der Waals surface area (Å²) in [5.41, 5.74) is 0. The number of carbonyl (C=O) groups excluding carboxylic acids is 3. The van der Waals surface area contributed by atoms with Crippen LogP contribution in [-0.2, 0) is 23.9 Å². The quantitative estimate of drug-likeness (QED) is 0.614. The van der Waals surface area contributed by atoms with Gasteiger partial charge in [-0.15, -0.1) is 0 Å². The molecule has 0 spiro atoms. The summed E-state index contributed by atoms with van der Waals surface area (Å²) in [7, 11) is 2.31. The molecule has 7 nitrogen and oxygen atoms in total. The fourth-order valence-electron chi connectivity index (χ4n) is 1.41. The van der Waals surface area contributed by atoms with E-state index in [-0.39, 0.29) is 18.8 Å². The first-order valence-corrected chi connectivity index (χ1v) is 5.94. The summed E-state index contributed by atoms with van der Waals surface area (Å²) in [5, 5.41) is 11.9. The fraction of sp³-hybridized carbons (Fsp3) is 0.750. The van der Waals surface area contributed by atoms with Gasteiger partial charge in [-0.25, -0.2) is 4.79 Å². The molecule has 110 valence electrons. The molecule has 0 heterocycles. The summed E-state index contributed by atoms with van der Waals surface area (Å²) in [6.07, 6.45) is -1.31. The summed E-state index contributed by atoms with van der Waals surface area (Å²) in [6.45, 7) is 3.70. The maximum atomic E-state index is 11.7. The summed E-state index contributed by atoms with van der Waals surface area (Å²) in [6, 6.07) is -1.16. The van der Waals surface area contributed by atoms with Crippen LogP contribution in [0.15, 0.2) is 0 Å². The number of carbonyl (C=O) groups is 3. The van der Waals surface area contributed by atoms with Crippen molar-refractivity contribution < 1.29 is 29.0 Å². The largest absolute Gasteiger partial charge is 0.469 e. The molecule has 0 aromatic heterocycles. The molecule has 0 aromatic rings. The lowest BCUT2D eigenvalue weighted by atomic mass is 10.1. The molecule has 0 aliphatic rings. The minimum atomic E-state index is -1.23. The van der Waals surface area contributed by atoms with Crippen LogP contribution < -0.4 is 5.32 Å². The van der Waals surface area contributed by atoms with Crippen LogP contribution in [-0.4, -0.2) is 49.3 Å². The molecular weight excluding hydrogens is 254 g/mol. The van der Waals surface area contributed by atoms with E-state index in [0.29, 0.717) is 0 Å². The van der Waals surface area contributed by atoms with Gasteiger partial charge in [0.05, 0.1) is 20.6 Å². The van der Waals surface area contributed by atoms with Gasteiger partial charge >= 0.3 is 11.9 Å². The van der Waals surface area contributed by atoms with E-state index >= 15 is 0 Å². The van der Waals surface area contributed by atoms with Crippen molar-refractivity contribution in [3.63, 3.8) is 0 Å². The summed E-state index contributed by atoms with van der Waals surface area (Å²) in [4.78, 5) is 34.2. The van der Waals surface area contributed by atoms with Crippen molar-refractivity contribution in [1.82, 2.24) is 5.32 Å². The van der Waals surface area contributed by atoms with Crippen LogP contribution in [0, 0.1) is 5.92 Å². The van der Waals surface area contributed by atoms with Gasteiger partial charge in [-0.3, -0.25) is 9.59 Å². The smallest absolute Gasteiger partial charge is 0.328 e. The first-order valence-electron chi connectivity index (χ1n) is 5.94. The zero-order valence-corrected chi connectivity index (χ0v) is 11.6. The number of esters is 2. The Morgan fingerprint density at radius 3 is 2.16 bits per heavy atom. The van der Waals surface area contributed by atoms with Crippen molar-refractivity contribution in [1.29, 1.82) is 0 Å². The van der Waals surface area contributed by atoms with E-state index in [0.717, 1.165) is 7.11 Å². The number of aliphatic hydroxyl groups is 1. The Balaban J connectivity index is 4.59. The Hall–Kier alpha value is -1.63. The van der Waals surface area contributed by atoms with Crippen LogP contribution in [0.2, 0.25) is 0 Å². The number of rotatable bonds is 7. The molecule has 0 rings (SSSR count). The van der Waals surface area contributed by atoms with E-state index in [2.05, 4.69) is 14.8 Å². The number of amides is 1. The highest BCUT2D eigenvalue weighted by Crippen LogP contribution is 2.06. The molecule has 19 heavy (non-hydrogen) atoms. The summed E-state index contributed by atoms with van der Waals surface area (Å²) < 4.78 is 8.90. The van der Waals surface area contributed by atoms with E-state index in [4.69, 9.17) is 0 Å². The van der Waals surface area contributed by atoms with Gasteiger partial charge in [0.2, 0.25) is 5.91 Å². The highest BCUT2D eigenvalue weighted by atomic mass is 16.5. The first kappa shape index (κ1) is 17.4. The van der Waals surface area contributed by atoms with Crippen molar-refractivity contribution in [2.75, 3.05) is 14.2 Å². The molecule has 0 fully saturated rings. The Morgan fingerprint density at radius 2 is 1.74 bits per heavy atom. The second-order valence-electron chi connectivity index (χ2n) is 4.51. The SMILES string of the molecule is COC(=O)C[C@H](NC(=O)[C@@H](O)CC(C)C)C(=O)OC. The summed E-state index contributed by atoms with van der Waals surface area (Å²) in [5.74, 6) is -2.02. The molecule has 1 amide bonds. The van der Waals surface area contributed by atoms with Crippen LogP contribution in [0.4, 0.5) is 0 Å². The molecule has 2 N–H and O–H groups in total. The van der Waals surface area contributed by atoms with Gasteiger partial charge in [-0.2, -0.15) is 0 Å². The van der Waals surface area contributed by atoms with E-state index in [9.17, 15) is 19.5 Å². The maximum absolute atomic E-state index is 11.7. The van der Waals surface area contributed by atoms with Crippen molar-refractivity contribution in [2.45, 2.75) is 38.8 Å². The molecule has 0 unspecified atom stereocenters. The Labute approximate surface area is 112 Å². The van der Waals surface area contributed by atoms with Crippen LogP contribution in [0.25, 0.3) is 0 Å². The number of methoxy groups -OCH3 is 2. The second-order valence-corrected chi connectivity index (χ2v) is 4.51. The highest BCUT2D eigenvalue weighted by molar-refractivity contribution is 5.89. The molecular formula is C12H21NO6. The van der Waals surface area contributed by atoms with Crippen molar-refractivity contribution in [3.8, 4) is 0 Å². The van der Waals surface area contributed by atoms with E-state index < -0.39 is 30.0 Å². The van der Waals surface area contributed by atoms with Crippen LogP contribution in [0.5, 0.6) is 0 Å². The Bertz CT molecular complexity index is 328. The van der Waals surface area contributed by atoms with Crippen LogP contribution in [0.1, 0.15) is 26.7 Å². The highest BCUT2D eigenvalue weighted by Gasteiger charge is 2.27. The molecule has 0 radical (unpaired) electrons. The fourth-order valence-corrected chi connectivity index (χ4v) is 1.41. The summed E-state index contributed by atoms with van der Waals surface area (Å²) >= 11 is 0. The maximum Gasteiger partial charge on any atom is 0.328 e. The number of aliphatic hydroxyl groups excluding tert-OH is 1. The lowest BCUT2D eigenvalue weighted by Crippen LogP contribution is -2.47. The average molecular weight is 275 g/mol. The van der Waals surface area contributed by atoms with Gasteiger partial charge in [0, 0.05) is 0 Å². The lowest BCUT2D eigenvalue weighted by molar-refractivity contribution is -0.151. The molecule has 2 atom stereocenters. The van der Waals surface area contributed by atoms with Crippen molar-refractivity contribution in [3.05, 3.63) is 0 Å². The third-order valence-corrected chi connectivity index (χ3v) is 2.40. The molecule has 7 heteroatoms. The average Bonchev–Trinajstić information content (AvgIpc) is 2.35. The van der Waals surface area contributed by atoms with Gasteiger partial charge in [0.15, 0.2) is 0 Å². The van der Waals surface area contributed by atoms with Gasteiger partial charge in [0.1, 0.15) is 12.1 Å². The normalized spacial score (nSPS) is 13.6.